The number of hydroxylamine groups is 2. The molecule has 0 aliphatic carbocycles. The van der Waals surface area contributed by atoms with Crippen LogP contribution in [-0.4, -0.2) is 29.8 Å². The molecule has 4 nitrogen and oxygen atoms in total. The molecule has 1 heterocycles. The maximum atomic E-state index is 11.5. The zero-order valence-corrected chi connectivity index (χ0v) is 8.56. The number of hydrogen-bond donors (Lipinski definition) is 1. The van der Waals surface area contributed by atoms with Gasteiger partial charge in [0, 0.05) is 12.6 Å². The Kier molecular flexibility index (Phi) is 2.70. The lowest BCUT2D eigenvalue weighted by atomic mass is 10.00. The van der Waals surface area contributed by atoms with E-state index in [1.54, 1.807) is 6.07 Å². The molecule has 1 aromatic rings. The summed E-state index contributed by atoms with van der Waals surface area (Å²) in [5.41, 5.74) is 2.77. The van der Waals surface area contributed by atoms with Gasteiger partial charge in [0.05, 0.1) is 13.2 Å². The minimum Gasteiger partial charge on any atom is -0.376 e. The zero-order chi connectivity index (χ0) is 10.8. The number of fused-ring (bicyclic) bond motifs is 1. The fraction of sp³-hybridized carbons (Fsp3) is 0.364. The number of carbonyl (C=O) groups excluding carboxylic acids is 1. The molecule has 0 saturated carbocycles. The van der Waals surface area contributed by atoms with E-state index < -0.39 is 0 Å². The van der Waals surface area contributed by atoms with Crippen LogP contribution >= 0.6 is 0 Å². The van der Waals surface area contributed by atoms with Gasteiger partial charge in [-0.25, -0.2) is 5.06 Å². The first kappa shape index (κ1) is 10.1. The summed E-state index contributed by atoms with van der Waals surface area (Å²) < 4.78 is 5.30. The van der Waals surface area contributed by atoms with Crippen LogP contribution in [0.25, 0.3) is 0 Å². The van der Waals surface area contributed by atoms with Gasteiger partial charge in [-0.1, -0.05) is 6.07 Å². The van der Waals surface area contributed by atoms with Crippen LogP contribution in [0, 0.1) is 0 Å². The molecule has 15 heavy (non-hydrogen) atoms. The Labute approximate surface area is 88.0 Å². The van der Waals surface area contributed by atoms with Crippen molar-refractivity contribution in [3.8, 4) is 0 Å². The molecule has 1 N–H and O–H groups in total. The number of benzene rings is 1. The molecule has 1 aliphatic rings. The third kappa shape index (κ3) is 2.00. The summed E-state index contributed by atoms with van der Waals surface area (Å²) in [5, 5.41) is 9.64. The molecule has 0 saturated heterocycles. The molecule has 0 radical (unpaired) electrons. The monoisotopic (exact) mass is 207 g/mol. The van der Waals surface area contributed by atoms with Crippen LogP contribution in [0.1, 0.15) is 21.5 Å². The summed E-state index contributed by atoms with van der Waals surface area (Å²) in [5.74, 6) is -0.385. The normalized spacial score (nSPS) is 14.5. The Morgan fingerprint density at radius 3 is 3.00 bits per heavy atom. The summed E-state index contributed by atoms with van der Waals surface area (Å²) in [6.45, 7) is 1.30. The van der Waals surface area contributed by atoms with E-state index in [0.717, 1.165) is 17.5 Å². The molecule has 0 unspecified atom stereocenters. The SMILES string of the molecule is CN(O)C(=O)c1ccc2c(c1)CCOC2. The third-order valence-electron chi connectivity index (χ3n) is 2.52. The summed E-state index contributed by atoms with van der Waals surface area (Å²) in [6.07, 6.45) is 0.825. The Morgan fingerprint density at radius 2 is 2.27 bits per heavy atom. The smallest absolute Gasteiger partial charge is 0.276 e. The van der Waals surface area contributed by atoms with Crippen molar-refractivity contribution in [3.63, 3.8) is 0 Å². The van der Waals surface area contributed by atoms with Gasteiger partial charge >= 0.3 is 0 Å². The second-order valence-electron chi connectivity index (χ2n) is 3.61. The van der Waals surface area contributed by atoms with Crippen molar-refractivity contribution in [2.24, 2.45) is 0 Å². The standard InChI is InChI=1S/C11H13NO3/c1-12(14)11(13)9-2-3-10-7-15-5-4-8(10)6-9/h2-3,6,14H,4-5,7H2,1H3. The molecule has 1 amide bonds. The van der Waals surface area contributed by atoms with Crippen LogP contribution in [-0.2, 0) is 17.8 Å². The molecule has 0 spiro atoms. The lowest BCUT2D eigenvalue weighted by molar-refractivity contribution is -0.0375. The number of carbonyl (C=O) groups is 1. The molecule has 4 heteroatoms. The minimum absolute atomic E-state index is 0.385. The number of hydrogen-bond acceptors (Lipinski definition) is 3. The van der Waals surface area contributed by atoms with Gasteiger partial charge in [-0.15, -0.1) is 0 Å². The van der Waals surface area contributed by atoms with E-state index in [2.05, 4.69) is 0 Å². The molecule has 0 bridgehead atoms. The van der Waals surface area contributed by atoms with Crippen molar-refractivity contribution in [2.75, 3.05) is 13.7 Å². The lowest BCUT2D eigenvalue weighted by Gasteiger charge is -2.17. The minimum atomic E-state index is -0.385. The first-order chi connectivity index (χ1) is 7.18. The van der Waals surface area contributed by atoms with Crippen LogP contribution in [0.3, 0.4) is 0 Å². The molecule has 1 aliphatic heterocycles. The van der Waals surface area contributed by atoms with E-state index in [1.807, 2.05) is 12.1 Å². The fourth-order valence-corrected chi connectivity index (χ4v) is 1.68. The van der Waals surface area contributed by atoms with Crippen molar-refractivity contribution >= 4 is 5.91 Å². The number of nitrogens with zero attached hydrogens (tertiary/aromatic N) is 1. The van der Waals surface area contributed by atoms with Crippen molar-refractivity contribution in [2.45, 2.75) is 13.0 Å². The Balaban J connectivity index is 2.32. The van der Waals surface area contributed by atoms with Gasteiger partial charge in [-0.05, 0) is 29.7 Å². The van der Waals surface area contributed by atoms with Gasteiger partial charge in [0.1, 0.15) is 0 Å². The number of rotatable bonds is 1. The van der Waals surface area contributed by atoms with Gasteiger partial charge in [-0.2, -0.15) is 0 Å². The number of amides is 1. The van der Waals surface area contributed by atoms with E-state index in [1.165, 1.54) is 7.05 Å². The van der Waals surface area contributed by atoms with E-state index in [-0.39, 0.29) is 5.91 Å². The second-order valence-corrected chi connectivity index (χ2v) is 3.61. The second kappa shape index (κ2) is 4.00. The van der Waals surface area contributed by atoms with Crippen molar-refractivity contribution < 1.29 is 14.7 Å². The fourth-order valence-electron chi connectivity index (χ4n) is 1.68. The topological polar surface area (TPSA) is 49.8 Å². The predicted octanol–water partition coefficient (Wildman–Crippen LogP) is 1.22. The maximum absolute atomic E-state index is 11.5. The zero-order valence-electron chi connectivity index (χ0n) is 8.56. The van der Waals surface area contributed by atoms with Crippen molar-refractivity contribution in [3.05, 3.63) is 34.9 Å². The molecule has 80 valence electrons. The first-order valence-electron chi connectivity index (χ1n) is 4.85. The molecule has 1 aromatic carbocycles. The predicted molar refractivity (Wildman–Crippen MR) is 53.7 cm³/mol. The largest absolute Gasteiger partial charge is 0.376 e. The molecular weight excluding hydrogens is 194 g/mol. The third-order valence-corrected chi connectivity index (χ3v) is 2.52. The van der Waals surface area contributed by atoms with Gasteiger partial charge in [0.25, 0.3) is 5.91 Å². The maximum Gasteiger partial charge on any atom is 0.276 e. The molecular formula is C11H13NO3. The van der Waals surface area contributed by atoms with Crippen LogP contribution < -0.4 is 0 Å². The van der Waals surface area contributed by atoms with Crippen molar-refractivity contribution in [1.82, 2.24) is 5.06 Å². The van der Waals surface area contributed by atoms with Crippen molar-refractivity contribution in [1.29, 1.82) is 0 Å². The average molecular weight is 207 g/mol. The first-order valence-corrected chi connectivity index (χ1v) is 4.85. The van der Waals surface area contributed by atoms with Gasteiger partial charge in [0.2, 0.25) is 0 Å². The highest BCUT2D eigenvalue weighted by Crippen LogP contribution is 2.18. The molecule has 0 aromatic heterocycles. The van der Waals surface area contributed by atoms with Gasteiger partial charge in [-0.3, -0.25) is 10.0 Å². The van der Waals surface area contributed by atoms with Crippen LogP contribution in [0.4, 0.5) is 0 Å². The van der Waals surface area contributed by atoms with Gasteiger partial charge < -0.3 is 4.74 Å². The Morgan fingerprint density at radius 1 is 1.47 bits per heavy atom. The van der Waals surface area contributed by atoms with Crippen LogP contribution in [0.2, 0.25) is 0 Å². The highest BCUT2D eigenvalue weighted by Gasteiger charge is 2.14. The van der Waals surface area contributed by atoms with E-state index >= 15 is 0 Å². The highest BCUT2D eigenvalue weighted by molar-refractivity contribution is 5.93. The summed E-state index contributed by atoms with van der Waals surface area (Å²) >= 11 is 0. The van der Waals surface area contributed by atoms with Crippen LogP contribution in [0.5, 0.6) is 0 Å². The quantitative estimate of drug-likeness (QED) is 0.556. The van der Waals surface area contributed by atoms with Gasteiger partial charge in [0.15, 0.2) is 0 Å². The van der Waals surface area contributed by atoms with E-state index in [4.69, 9.17) is 9.94 Å². The average Bonchev–Trinajstić information content (AvgIpc) is 2.27. The van der Waals surface area contributed by atoms with Crippen LogP contribution in [0.15, 0.2) is 18.2 Å². The molecule has 2 rings (SSSR count). The van der Waals surface area contributed by atoms with E-state index in [0.29, 0.717) is 23.8 Å². The Bertz CT molecular complexity index is 387. The lowest BCUT2D eigenvalue weighted by Crippen LogP contribution is -2.23. The molecule has 0 fully saturated rings. The highest BCUT2D eigenvalue weighted by atomic mass is 16.5. The van der Waals surface area contributed by atoms with E-state index in [9.17, 15) is 4.79 Å². The summed E-state index contributed by atoms with van der Waals surface area (Å²) in [6, 6.07) is 5.42. The summed E-state index contributed by atoms with van der Waals surface area (Å²) in [7, 11) is 1.32. The molecule has 0 atom stereocenters. The Hall–Kier alpha value is -1.39. The number of ether oxygens (including phenoxy) is 1. The summed E-state index contributed by atoms with van der Waals surface area (Å²) in [4.78, 5) is 11.5.